The predicted molar refractivity (Wildman–Crippen MR) is 77.3 cm³/mol. The Morgan fingerprint density at radius 2 is 1.95 bits per heavy atom. The van der Waals surface area contributed by atoms with Crippen molar-refractivity contribution in [3.63, 3.8) is 0 Å². The van der Waals surface area contributed by atoms with E-state index in [2.05, 4.69) is 9.88 Å². The summed E-state index contributed by atoms with van der Waals surface area (Å²) in [4.78, 5) is 6.56. The molecule has 0 amide bonds. The van der Waals surface area contributed by atoms with Gasteiger partial charge in [0.05, 0.1) is 19.3 Å². The first-order valence-corrected chi connectivity index (χ1v) is 6.32. The largest absolute Gasteiger partial charge is 0.497 e. The molecule has 0 aliphatic rings. The van der Waals surface area contributed by atoms with Crippen LogP contribution in [0.3, 0.4) is 0 Å². The normalized spacial score (nSPS) is 10.2. The van der Waals surface area contributed by atoms with Crippen LogP contribution < -0.4 is 15.4 Å². The van der Waals surface area contributed by atoms with E-state index in [-0.39, 0.29) is 0 Å². The van der Waals surface area contributed by atoms with Crippen molar-refractivity contribution < 1.29 is 4.74 Å². The van der Waals surface area contributed by atoms with E-state index in [0.29, 0.717) is 6.54 Å². The Hall–Kier alpha value is -2.07. The maximum atomic E-state index is 5.69. The summed E-state index contributed by atoms with van der Waals surface area (Å²) in [5, 5.41) is 0. The van der Waals surface area contributed by atoms with E-state index in [1.807, 2.05) is 48.7 Å². The summed E-state index contributed by atoms with van der Waals surface area (Å²) in [6.45, 7) is 2.16. The highest BCUT2D eigenvalue weighted by molar-refractivity contribution is 5.49. The summed E-state index contributed by atoms with van der Waals surface area (Å²) in [7, 11) is 1.67. The Morgan fingerprint density at radius 3 is 2.53 bits per heavy atom. The van der Waals surface area contributed by atoms with Crippen molar-refractivity contribution in [2.24, 2.45) is 5.73 Å². The van der Waals surface area contributed by atoms with Crippen LogP contribution in [0.4, 0.5) is 5.69 Å². The van der Waals surface area contributed by atoms with E-state index < -0.39 is 0 Å². The van der Waals surface area contributed by atoms with Gasteiger partial charge in [-0.2, -0.15) is 0 Å². The smallest absolute Gasteiger partial charge is 0.119 e. The number of aromatic nitrogens is 1. The molecule has 0 aliphatic heterocycles. The first-order valence-electron chi connectivity index (χ1n) is 6.32. The summed E-state index contributed by atoms with van der Waals surface area (Å²) in [5.74, 6) is 0.856. The summed E-state index contributed by atoms with van der Waals surface area (Å²) in [6.07, 6.45) is 1.81. The van der Waals surface area contributed by atoms with Crippen LogP contribution in [0.2, 0.25) is 0 Å². The Labute approximate surface area is 113 Å². The Balaban J connectivity index is 2.14. The zero-order chi connectivity index (χ0) is 13.5. The minimum Gasteiger partial charge on any atom is -0.497 e. The number of rotatable bonds is 6. The molecule has 2 aromatic rings. The number of hydrogen-bond donors (Lipinski definition) is 1. The van der Waals surface area contributed by atoms with Crippen LogP contribution in [0.15, 0.2) is 48.7 Å². The Bertz CT molecular complexity index is 485. The van der Waals surface area contributed by atoms with E-state index >= 15 is 0 Å². The van der Waals surface area contributed by atoms with Gasteiger partial charge in [0.2, 0.25) is 0 Å². The standard InChI is InChI=1S/C15H19N3O/c1-19-15-7-5-14(6-8-15)18(11-9-16)12-13-4-2-3-10-17-13/h2-8,10H,9,11-12,16H2,1H3. The molecule has 2 N–H and O–H groups in total. The van der Waals surface area contributed by atoms with Gasteiger partial charge in [0, 0.05) is 25.0 Å². The third kappa shape index (κ3) is 3.69. The fourth-order valence-electron chi connectivity index (χ4n) is 1.94. The number of ether oxygens (including phenoxy) is 1. The molecule has 1 heterocycles. The van der Waals surface area contributed by atoms with Crippen LogP contribution in [0.1, 0.15) is 5.69 Å². The summed E-state index contributed by atoms with van der Waals surface area (Å²) >= 11 is 0. The molecule has 0 saturated carbocycles. The third-order valence-corrected chi connectivity index (χ3v) is 2.92. The van der Waals surface area contributed by atoms with Crippen LogP contribution in [0.25, 0.3) is 0 Å². The fraction of sp³-hybridized carbons (Fsp3) is 0.267. The second-order valence-electron chi connectivity index (χ2n) is 4.23. The highest BCUT2D eigenvalue weighted by Gasteiger charge is 2.07. The zero-order valence-electron chi connectivity index (χ0n) is 11.1. The molecule has 0 spiro atoms. The van der Waals surface area contributed by atoms with Gasteiger partial charge >= 0.3 is 0 Å². The molecule has 0 bridgehead atoms. The van der Waals surface area contributed by atoms with Crippen LogP contribution >= 0.6 is 0 Å². The molecule has 4 heteroatoms. The Morgan fingerprint density at radius 1 is 1.16 bits per heavy atom. The van der Waals surface area contributed by atoms with Crippen LogP contribution in [-0.2, 0) is 6.54 Å². The lowest BCUT2D eigenvalue weighted by molar-refractivity contribution is 0.415. The lowest BCUT2D eigenvalue weighted by Crippen LogP contribution is -2.29. The average Bonchev–Trinajstić information content (AvgIpc) is 2.48. The quantitative estimate of drug-likeness (QED) is 0.860. The number of nitrogens with zero attached hydrogens (tertiary/aromatic N) is 2. The summed E-state index contributed by atoms with van der Waals surface area (Å²) < 4.78 is 5.17. The molecule has 4 nitrogen and oxygen atoms in total. The summed E-state index contributed by atoms with van der Waals surface area (Å²) in [5.41, 5.74) is 7.85. The van der Waals surface area contributed by atoms with Crippen molar-refractivity contribution in [3.05, 3.63) is 54.4 Å². The van der Waals surface area contributed by atoms with Gasteiger partial charge in [0.25, 0.3) is 0 Å². The highest BCUT2D eigenvalue weighted by atomic mass is 16.5. The summed E-state index contributed by atoms with van der Waals surface area (Å²) in [6, 6.07) is 13.9. The second kappa shape index (κ2) is 6.75. The fourth-order valence-corrected chi connectivity index (χ4v) is 1.94. The lowest BCUT2D eigenvalue weighted by Gasteiger charge is -2.24. The molecular formula is C15H19N3O. The number of nitrogens with two attached hydrogens (primary N) is 1. The minimum atomic E-state index is 0.610. The third-order valence-electron chi connectivity index (χ3n) is 2.92. The van der Waals surface area contributed by atoms with Crippen molar-refractivity contribution in [2.45, 2.75) is 6.54 Å². The molecule has 100 valence electrons. The molecule has 1 aromatic heterocycles. The van der Waals surface area contributed by atoms with Gasteiger partial charge in [-0.3, -0.25) is 4.98 Å². The SMILES string of the molecule is COc1ccc(N(CCN)Cc2ccccn2)cc1. The van der Waals surface area contributed by atoms with Crippen LogP contribution in [0.5, 0.6) is 5.75 Å². The van der Waals surface area contributed by atoms with E-state index in [9.17, 15) is 0 Å². The van der Waals surface area contributed by atoms with Crippen LogP contribution in [-0.4, -0.2) is 25.2 Å². The van der Waals surface area contributed by atoms with E-state index in [1.165, 1.54) is 0 Å². The minimum absolute atomic E-state index is 0.610. The first-order chi connectivity index (χ1) is 9.33. The van der Waals surface area contributed by atoms with Crippen LogP contribution in [0, 0.1) is 0 Å². The van der Waals surface area contributed by atoms with Gasteiger partial charge in [-0.05, 0) is 36.4 Å². The van der Waals surface area contributed by atoms with Crippen molar-refractivity contribution in [1.29, 1.82) is 0 Å². The van der Waals surface area contributed by atoms with Gasteiger partial charge < -0.3 is 15.4 Å². The number of anilines is 1. The topological polar surface area (TPSA) is 51.4 Å². The van der Waals surface area contributed by atoms with Crippen molar-refractivity contribution in [3.8, 4) is 5.75 Å². The second-order valence-corrected chi connectivity index (χ2v) is 4.23. The van der Waals surface area contributed by atoms with Gasteiger partial charge in [-0.1, -0.05) is 6.07 Å². The van der Waals surface area contributed by atoms with Crippen molar-refractivity contribution in [1.82, 2.24) is 4.98 Å². The maximum absolute atomic E-state index is 5.69. The molecule has 0 fully saturated rings. The zero-order valence-corrected chi connectivity index (χ0v) is 11.1. The van der Waals surface area contributed by atoms with Gasteiger partial charge in [-0.25, -0.2) is 0 Å². The number of benzene rings is 1. The maximum Gasteiger partial charge on any atom is 0.119 e. The van der Waals surface area contributed by atoms with E-state index in [4.69, 9.17) is 10.5 Å². The molecule has 0 aliphatic carbocycles. The first kappa shape index (κ1) is 13.4. The molecule has 1 aromatic carbocycles. The molecule has 2 rings (SSSR count). The lowest BCUT2D eigenvalue weighted by atomic mass is 10.2. The van der Waals surface area contributed by atoms with E-state index in [0.717, 1.165) is 30.2 Å². The molecule has 0 radical (unpaired) electrons. The van der Waals surface area contributed by atoms with Gasteiger partial charge in [0.1, 0.15) is 5.75 Å². The monoisotopic (exact) mass is 257 g/mol. The predicted octanol–water partition coefficient (Wildman–Crippen LogP) is 2.06. The number of pyridine rings is 1. The highest BCUT2D eigenvalue weighted by Crippen LogP contribution is 2.20. The molecular weight excluding hydrogens is 238 g/mol. The van der Waals surface area contributed by atoms with Crippen molar-refractivity contribution in [2.75, 3.05) is 25.1 Å². The molecule has 0 unspecified atom stereocenters. The molecule has 0 atom stereocenters. The molecule has 0 saturated heterocycles. The van der Waals surface area contributed by atoms with Gasteiger partial charge in [-0.15, -0.1) is 0 Å². The number of hydrogen-bond acceptors (Lipinski definition) is 4. The Kier molecular flexibility index (Phi) is 4.75. The average molecular weight is 257 g/mol. The number of methoxy groups -OCH3 is 1. The van der Waals surface area contributed by atoms with Crippen molar-refractivity contribution >= 4 is 5.69 Å². The van der Waals surface area contributed by atoms with E-state index in [1.54, 1.807) is 7.11 Å². The molecule has 19 heavy (non-hydrogen) atoms. The van der Waals surface area contributed by atoms with Gasteiger partial charge in [0.15, 0.2) is 0 Å².